The van der Waals surface area contributed by atoms with Crippen molar-refractivity contribution in [1.82, 2.24) is 0 Å². The fourth-order valence-electron chi connectivity index (χ4n) is 0. The molecule has 0 unspecified atom stereocenters. The Bertz CT molecular complexity index is 8.36. The van der Waals surface area contributed by atoms with Gasteiger partial charge in [-0.25, -0.2) is 0 Å². The molecule has 0 aliphatic rings. The van der Waals surface area contributed by atoms with Gasteiger partial charge in [-0.05, 0) is 5.92 Å². The predicted molar refractivity (Wildman–Crippen MR) is 20.5 cm³/mol. The summed E-state index contributed by atoms with van der Waals surface area (Å²) in [5.41, 5.74) is 0. The Labute approximate surface area is 46.7 Å². The first-order valence-electron chi connectivity index (χ1n) is 1.73. The van der Waals surface area contributed by atoms with Gasteiger partial charge in [0.2, 0.25) is 0 Å². The Morgan fingerprint density at radius 3 is 1.00 bits per heavy atom. The van der Waals surface area contributed by atoms with Crippen LogP contribution in [-0.4, -0.2) is 0 Å². The summed E-state index contributed by atoms with van der Waals surface area (Å²) in [6.45, 7) is 6.50. The van der Waals surface area contributed by atoms with Crippen molar-refractivity contribution in [3.63, 3.8) is 0 Å². The second-order valence-electron chi connectivity index (χ2n) is 1.73. The van der Waals surface area contributed by atoms with Crippen molar-refractivity contribution in [2.75, 3.05) is 0 Å². The van der Waals surface area contributed by atoms with Gasteiger partial charge in [0.25, 0.3) is 0 Å². The molecule has 0 N–H and O–H groups in total. The van der Waals surface area contributed by atoms with Crippen molar-refractivity contribution in [2.45, 2.75) is 20.8 Å². The number of hydrogen-bond acceptors (Lipinski definition) is 0. The second-order valence-corrected chi connectivity index (χ2v) is 1.73. The fourth-order valence-corrected chi connectivity index (χ4v) is 0. The molecule has 0 rings (SSSR count). The maximum atomic E-state index is 2.17. The van der Waals surface area contributed by atoms with Gasteiger partial charge in [0.1, 0.15) is 0 Å². The summed E-state index contributed by atoms with van der Waals surface area (Å²) in [5.74, 6) is 0.833. The maximum absolute atomic E-state index is 2.17. The van der Waals surface area contributed by atoms with Gasteiger partial charge in [-0.2, -0.15) is 0 Å². The summed E-state index contributed by atoms with van der Waals surface area (Å²) in [6, 6.07) is 0. The van der Waals surface area contributed by atoms with Gasteiger partial charge in [-0.1, -0.05) is 20.8 Å². The molecule has 1 heteroatoms. The molecule has 26 valence electrons. The van der Waals surface area contributed by atoms with Crippen LogP contribution < -0.4 is 0 Å². The van der Waals surface area contributed by atoms with E-state index in [2.05, 4.69) is 20.8 Å². The zero-order chi connectivity index (χ0) is 3.58. The zero-order valence-electron chi connectivity index (χ0n) is 4.28. The fraction of sp³-hybridized carbons (Fsp3) is 1.00. The third kappa shape index (κ3) is 81.9. The molecule has 0 saturated carbocycles. The Morgan fingerprint density at radius 1 is 1.00 bits per heavy atom. The molecule has 0 aliphatic carbocycles. The van der Waals surface area contributed by atoms with Gasteiger partial charge in [0.15, 0.2) is 0 Å². The van der Waals surface area contributed by atoms with Crippen LogP contribution in [0.2, 0.25) is 0 Å². The van der Waals surface area contributed by atoms with Crippen LogP contribution in [0.25, 0.3) is 0 Å². The minimum atomic E-state index is 0. The third-order valence-electron chi connectivity index (χ3n) is 0. The van der Waals surface area contributed by atoms with Crippen LogP contribution in [0.5, 0.6) is 0 Å². The topological polar surface area (TPSA) is 0 Å². The molecule has 0 nitrogen and oxygen atoms in total. The summed E-state index contributed by atoms with van der Waals surface area (Å²) < 4.78 is 0. The van der Waals surface area contributed by atoms with Crippen molar-refractivity contribution in [3.8, 4) is 0 Å². The quantitative estimate of drug-likeness (QED) is 0.430. The van der Waals surface area contributed by atoms with Gasteiger partial charge in [-0.15, -0.1) is 0 Å². The van der Waals surface area contributed by atoms with E-state index in [-0.39, 0.29) is 19.5 Å². The Kier molecular flexibility index (Phi) is 8.47. The summed E-state index contributed by atoms with van der Waals surface area (Å²) in [5, 5.41) is 0. The molecule has 0 amide bonds. The molecule has 0 aromatic rings. The summed E-state index contributed by atoms with van der Waals surface area (Å²) >= 11 is 0. The maximum Gasteiger partial charge on any atom is 2.00 e. The van der Waals surface area contributed by atoms with Crippen molar-refractivity contribution in [3.05, 3.63) is 0 Å². The van der Waals surface area contributed by atoms with Crippen LogP contribution in [0.1, 0.15) is 20.8 Å². The van der Waals surface area contributed by atoms with E-state index < -0.39 is 0 Å². The number of hydrogen-bond donors (Lipinski definition) is 0. The molecule has 0 aromatic heterocycles. The van der Waals surface area contributed by atoms with E-state index in [1.54, 1.807) is 0 Å². The van der Waals surface area contributed by atoms with Crippen LogP contribution >= 0.6 is 0 Å². The van der Waals surface area contributed by atoms with Crippen molar-refractivity contribution in [1.29, 1.82) is 0 Å². The van der Waals surface area contributed by atoms with Crippen LogP contribution in [-0.2, 0) is 19.5 Å². The second kappa shape index (κ2) is 4.62. The van der Waals surface area contributed by atoms with E-state index in [1.807, 2.05) is 0 Å². The van der Waals surface area contributed by atoms with E-state index in [4.69, 9.17) is 0 Å². The molecule has 5 heavy (non-hydrogen) atoms. The molecule has 0 aliphatic heterocycles. The van der Waals surface area contributed by atoms with Gasteiger partial charge in [-0.3, -0.25) is 0 Å². The molecule has 0 bridgehead atoms. The van der Waals surface area contributed by atoms with Crippen LogP contribution in [0.4, 0.5) is 0 Å². The van der Waals surface area contributed by atoms with Crippen molar-refractivity contribution in [2.24, 2.45) is 5.92 Å². The average Bonchev–Trinajstić information content (AvgIpc) is 0.811. The van der Waals surface area contributed by atoms with E-state index >= 15 is 0 Å². The molecule has 0 fully saturated rings. The van der Waals surface area contributed by atoms with E-state index in [1.165, 1.54) is 0 Å². The minimum absolute atomic E-state index is 0. The standard InChI is InChI=1S/C4H10.Zn/c1-4(2)3;/h4H,1-3H3;/q;+2. The molecule has 0 heterocycles. The monoisotopic (exact) mass is 122 g/mol. The number of rotatable bonds is 0. The zero-order valence-corrected chi connectivity index (χ0v) is 7.25. The normalized spacial score (nSPS) is 7.20. The van der Waals surface area contributed by atoms with E-state index in [0.717, 1.165) is 5.92 Å². The summed E-state index contributed by atoms with van der Waals surface area (Å²) in [7, 11) is 0. The van der Waals surface area contributed by atoms with Crippen LogP contribution in [0.3, 0.4) is 0 Å². The molecular weight excluding hydrogens is 113 g/mol. The Morgan fingerprint density at radius 2 is 1.00 bits per heavy atom. The Balaban J connectivity index is 0. The van der Waals surface area contributed by atoms with Gasteiger partial charge >= 0.3 is 19.5 Å². The van der Waals surface area contributed by atoms with E-state index in [0.29, 0.717) is 0 Å². The van der Waals surface area contributed by atoms with Gasteiger partial charge < -0.3 is 0 Å². The SMILES string of the molecule is CC(C)C.[Zn+2]. The van der Waals surface area contributed by atoms with Crippen LogP contribution in [0.15, 0.2) is 0 Å². The molecule has 0 saturated heterocycles. The first-order valence-corrected chi connectivity index (χ1v) is 1.73. The van der Waals surface area contributed by atoms with Gasteiger partial charge in [0.05, 0.1) is 0 Å². The van der Waals surface area contributed by atoms with E-state index in [9.17, 15) is 0 Å². The third-order valence-corrected chi connectivity index (χ3v) is 0. The molecule has 0 atom stereocenters. The molecular formula is C4H10Zn+2. The average molecular weight is 124 g/mol. The minimum Gasteiger partial charge on any atom is -0.0630 e. The predicted octanol–water partition coefficient (Wildman–Crippen LogP) is 1.66. The first kappa shape index (κ1) is 9.16. The van der Waals surface area contributed by atoms with Crippen molar-refractivity contribution >= 4 is 0 Å². The molecule has 0 radical (unpaired) electrons. The largest absolute Gasteiger partial charge is 2.00 e. The first-order chi connectivity index (χ1) is 1.73. The molecule has 0 aromatic carbocycles. The van der Waals surface area contributed by atoms with Gasteiger partial charge in [0, 0.05) is 0 Å². The van der Waals surface area contributed by atoms with Crippen molar-refractivity contribution < 1.29 is 19.5 Å². The van der Waals surface area contributed by atoms with Crippen LogP contribution in [0, 0.1) is 5.92 Å². The summed E-state index contributed by atoms with van der Waals surface area (Å²) in [4.78, 5) is 0. The summed E-state index contributed by atoms with van der Waals surface area (Å²) in [6.07, 6.45) is 0. The Hall–Kier alpha value is 0.623. The molecule has 0 spiro atoms. The smallest absolute Gasteiger partial charge is 0.0630 e.